The Balaban J connectivity index is 0.00000220. The first-order valence-electron chi connectivity index (χ1n) is 7.32. The summed E-state index contributed by atoms with van der Waals surface area (Å²) in [4.78, 5) is 24.8. The molecule has 2 aliphatic rings. The van der Waals surface area contributed by atoms with Gasteiger partial charge in [-0.25, -0.2) is 0 Å². The molecule has 1 saturated carbocycles. The quantitative estimate of drug-likeness (QED) is 0.407. The number of amides is 1. The van der Waals surface area contributed by atoms with Gasteiger partial charge in [0.1, 0.15) is 6.73 Å². The Kier molecular flexibility index (Phi) is 6.50. The van der Waals surface area contributed by atoms with Crippen molar-refractivity contribution in [2.75, 3.05) is 19.9 Å². The van der Waals surface area contributed by atoms with Crippen LogP contribution in [-0.4, -0.2) is 44.7 Å². The molecule has 7 heteroatoms. The van der Waals surface area contributed by atoms with Gasteiger partial charge in [-0.05, 0) is 25.3 Å². The second-order valence-electron chi connectivity index (χ2n) is 7.37. The van der Waals surface area contributed by atoms with E-state index >= 15 is 0 Å². The first-order valence-corrected chi connectivity index (χ1v) is 11.0. The summed E-state index contributed by atoms with van der Waals surface area (Å²) in [6.07, 6.45) is 1.64. The number of carboxylic acid groups (broad SMARTS) is 1. The monoisotopic (exact) mass is 321 g/mol. The van der Waals surface area contributed by atoms with Crippen molar-refractivity contribution < 1.29 is 49.0 Å². The molecular formula is C14H24NNaO4Si. The number of carbonyl (C=O) groups excluding carboxylic acids is 2. The van der Waals surface area contributed by atoms with E-state index in [2.05, 4.69) is 19.6 Å². The van der Waals surface area contributed by atoms with Crippen molar-refractivity contribution in [2.24, 2.45) is 11.3 Å². The Labute approximate surface area is 149 Å². The maximum absolute atomic E-state index is 12.3. The Morgan fingerprint density at radius 3 is 2.57 bits per heavy atom. The predicted octanol–water partition coefficient (Wildman–Crippen LogP) is -2.32. The van der Waals surface area contributed by atoms with E-state index in [0.717, 1.165) is 12.5 Å². The maximum Gasteiger partial charge on any atom is 1.00 e. The number of nitrogens with zero attached hydrogens (tertiary/aromatic N) is 1. The molecule has 1 spiro atoms. The first-order chi connectivity index (χ1) is 9.23. The van der Waals surface area contributed by atoms with Crippen LogP contribution in [0, 0.1) is 11.3 Å². The number of likely N-dealkylation sites (tertiary alicyclic amines) is 1. The molecule has 0 atom stereocenters. The van der Waals surface area contributed by atoms with Crippen molar-refractivity contribution in [3.63, 3.8) is 0 Å². The Morgan fingerprint density at radius 2 is 2.05 bits per heavy atom. The molecule has 1 heterocycles. The average Bonchev–Trinajstić information content (AvgIpc) is 2.59. The zero-order valence-electron chi connectivity index (χ0n) is 13.6. The SMILES string of the molecule is C[Si](C)(C)CCOCN1CCC2(CC(C(=O)[O-])C2)C1=O.[Na+]. The zero-order valence-corrected chi connectivity index (χ0v) is 16.6. The van der Waals surface area contributed by atoms with Crippen molar-refractivity contribution in [3.8, 4) is 0 Å². The van der Waals surface area contributed by atoms with E-state index in [0.29, 0.717) is 32.7 Å². The summed E-state index contributed by atoms with van der Waals surface area (Å²) in [6, 6.07) is 1.09. The molecule has 0 aromatic heterocycles. The number of ether oxygens (including phenoxy) is 1. The fourth-order valence-electron chi connectivity index (χ4n) is 3.00. The summed E-state index contributed by atoms with van der Waals surface area (Å²) in [5, 5.41) is 10.8. The van der Waals surface area contributed by atoms with Crippen molar-refractivity contribution in [2.45, 2.75) is 44.9 Å². The second kappa shape index (κ2) is 7.13. The summed E-state index contributed by atoms with van der Waals surface area (Å²) in [5.74, 6) is -1.39. The standard InChI is InChI=1S/C14H25NO4Si.Na/c1-20(2,3)7-6-19-10-15-5-4-14(13(15)18)8-11(9-14)12(16)17;/h11H,4-10H2,1-3H3,(H,16,17);/q;+1/p-1. The Morgan fingerprint density at radius 1 is 1.43 bits per heavy atom. The van der Waals surface area contributed by atoms with Crippen LogP contribution in [0.3, 0.4) is 0 Å². The number of hydrogen-bond acceptors (Lipinski definition) is 4. The van der Waals surface area contributed by atoms with Gasteiger partial charge in [0.15, 0.2) is 0 Å². The van der Waals surface area contributed by atoms with Crippen LogP contribution in [0.5, 0.6) is 0 Å². The van der Waals surface area contributed by atoms with Crippen LogP contribution in [-0.2, 0) is 14.3 Å². The third kappa shape index (κ3) is 4.54. The number of aliphatic carboxylic acids is 1. The van der Waals surface area contributed by atoms with E-state index in [9.17, 15) is 14.7 Å². The minimum Gasteiger partial charge on any atom is -0.550 e. The van der Waals surface area contributed by atoms with Crippen LogP contribution in [0.15, 0.2) is 0 Å². The molecule has 5 nitrogen and oxygen atoms in total. The summed E-state index contributed by atoms with van der Waals surface area (Å²) in [6.45, 7) is 8.61. The number of carboxylic acids is 1. The van der Waals surface area contributed by atoms with Crippen LogP contribution in [0.2, 0.25) is 25.7 Å². The predicted molar refractivity (Wildman–Crippen MR) is 75.5 cm³/mol. The molecular weight excluding hydrogens is 297 g/mol. The largest absolute Gasteiger partial charge is 1.00 e. The average molecular weight is 321 g/mol. The van der Waals surface area contributed by atoms with Crippen LogP contribution in [0.4, 0.5) is 0 Å². The van der Waals surface area contributed by atoms with Gasteiger partial charge in [-0.2, -0.15) is 0 Å². The van der Waals surface area contributed by atoms with Crippen molar-refractivity contribution >= 4 is 20.0 Å². The van der Waals surface area contributed by atoms with Gasteiger partial charge in [0.25, 0.3) is 0 Å². The molecule has 0 unspecified atom stereocenters. The molecule has 0 aromatic carbocycles. The molecule has 21 heavy (non-hydrogen) atoms. The number of rotatable bonds is 6. The van der Waals surface area contributed by atoms with Crippen LogP contribution in [0.25, 0.3) is 0 Å². The maximum atomic E-state index is 12.3. The minimum atomic E-state index is -1.10. The number of carbonyl (C=O) groups is 2. The van der Waals surface area contributed by atoms with Gasteiger partial charge in [-0.3, -0.25) is 4.79 Å². The Bertz CT molecular complexity index is 404. The molecule has 0 aromatic rings. The van der Waals surface area contributed by atoms with E-state index in [1.165, 1.54) is 0 Å². The van der Waals surface area contributed by atoms with Gasteiger partial charge in [0.05, 0.1) is 5.41 Å². The van der Waals surface area contributed by atoms with Gasteiger partial charge in [-0.1, -0.05) is 19.6 Å². The third-order valence-corrected chi connectivity index (χ3v) is 6.16. The zero-order chi connectivity index (χ0) is 15.0. The topological polar surface area (TPSA) is 69.7 Å². The fraction of sp³-hybridized carbons (Fsp3) is 0.857. The van der Waals surface area contributed by atoms with Gasteiger partial charge in [0, 0.05) is 33.1 Å². The second-order valence-corrected chi connectivity index (χ2v) is 13.0. The van der Waals surface area contributed by atoms with Crippen molar-refractivity contribution in [3.05, 3.63) is 0 Å². The molecule has 1 aliphatic heterocycles. The van der Waals surface area contributed by atoms with E-state index in [-0.39, 0.29) is 35.5 Å². The fourth-order valence-corrected chi connectivity index (χ4v) is 3.75. The van der Waals surface area contributed by atoms with Crippen molar-refractivity contribution in [1.82, 2.24) is 4.90 Å². The molecule has 1 saturated heterocycles. The molecule has 0 radical (unpaired) electrons. The molecule has 0 bridgehead atoms. The van der Waals surface area contributed by atoms with Gasteiger partial charge < -0.3 is 19.5 Å². The van der Waals surface area contributed by atoms with Gasteiger partial charge in [-0.15, -0.1) is 0 Å². The Hall–Kier alpha value is 0.117. The van der Waals surface area contributed by atoms with Crippen LogP contribution >= 0.6 is 0 Å². The van der Waals surface area contributed by atoms with E-state index in [1.807, 2.05) is 0 Å². The minimum absolute atomic E-state index is 0. The summed E-state index contributed by atoms with van der Waals surface area (Å²) < 4.78 is 5.61. The number of hydrogen-bond donors (Lipinski definition) is 0. The first kappa shape index (κ1) is 19.2. The smallest absolute Gasteiger partial charge is 0.550 e. The summed E-state index contributed by atoms with van der Waals surface area (Å²) in [7, 11) is -1.10. The molecule has 1 amide bonds. The molecule has 2 fully saturated rings. The molecule has 114 valence electrons. The van der Waals surface area contributed by atoms with E-state index in [4.69, 9.17) is 4.74 Å². The van der Waals surface area contributed by atoms with Gasteiger partial charge >= 0.3 is 29.6 Å². The molecule has 2 rings (SSSR count). The van der Waals surface area contributed by atoms with Crippen LogP contribution in [0.1, 0.15) is 19.3 Å². The summed E-state index contributed by atoms with van der Waals surface area (Å²) >= 11 is 0. The van der Waals surface area contributed by atoms with E-state index in [1.54, 1.807) is 4.90 Å². The molecule has 1 aliphatic carbocycles. The van der Waals surface area contributed by atoms with Crippen molar-refractivity contribution in [1.29, 1.82) is 0 Å². The third-order valence-electron chi connectivity index (χ3n) is 4.45. The van der Waals surface area contributed by atoms with Crippen LogP contribution < -0.4 is 34.7 Å². The summed E-state index contributed by atoms with van der Waals surface area (Å²) in [5.41, 5.74) is -0.424. The van der Waals surface area contributed by atoms with Gasteiger partial charge in [0.2, 0.25) is 5.91 Å². The van der Waals surface area contributed by atoms with E-state index < -0.39 is 25.4 Å². The normalized spacial score (nSPS) is 28.4. The molecule has 0 N–H and O–H groups in total.